The molecule has 5 rings (SSSR count). The number of piperidine rings is 1. The van der Waals surface area contributed by atoms with Gasteiger partial charge in [0.1, 0.15) is 22.7 Å². The van der Waals surface area contributed by atoms with Crippen molar-refractivity contribution >= 4 is 35.1 Å². The second-order valence-corrected chi connectivity index (χ2v) is 12.3. The summed E-state index contributed by atoms with van der Waals surface area (Å²) in [5, 5.41) is 10.7. The lowest BCUT2D eigenvalue weighted by molar-refractivity contribution is -0.137. The van der Waals surface area contributed by atoms with Gasteiger partial charge in [-0.05, 0) is 93.1 Å². The van der Waals surface area contributed by atoms with Crippen LogP contribution in [0, 0.1) is 5.92 Å². The number of benzene rings is 3. The summed E-state index contributed by atoms with van der Waals surface area (Å²) in [6.45, 7) is 6.46. The first-order valence-corrected chi connectivity index (χ1v) is 15.3. The second kappa shape index (κ2) is 12.3. The van der Waals surface area contributed by atoms with Crippen molar-refractivity contribution in [2.24, 2.45) is 10.9 Å². The topological polar surface area (TPSA) is 65.4 Å². The zero-order chi connectivity index (χ0) is 31.9. The molecule has 2 aliphatic rings. The van der Waals surface area contributed by atoms with Crippen LogP contribution in [0.15, 0.2) is 71.7 Å². The molecule has 2 atom stereocenters. The number of nitrogens with zero attached hydrogens (tertiary/aromatic N) is 3. The van der Waals surface area contributed by atoms with E-state index in [0.29, 0.717) is 36.0 Å². The van der Waals surface area contributed by atoms with Crippen molar-refractivity contribution in [3.05, 3.63) is 99.0 Å². The first-order chi connectivity index (χ1) is 20.8. The number of amidine groups is 1. The lowest BCUT2D eigenvalue weighted by Gasteiger charge is -2.47. The summed E-state index contributed by atoms with van der Waals surface area (Å²) in [4.78, 5) is 23.3. The molecule has 2 heterocycles. The molecular formula is C33H34Cl2F3N3O3. The van der Waals surface area contributed by atoms with Crippen LogP contribution in [0.4, 0.5) is 18.0 Å². The van der Waals surface area contributed by atoms with E-state index in [1.807, 2.05) is 38.1 Å². The van der Waals surface area contributed by atoms with E-state index in [4.69, 9.17) is 32.9 Å². The monoisotopic (exact) mass is 647 g/mol. The van der Waals surface area contributed by atoms with Gasteiger partial charge in [-0.1, -0.05) is 47.5 Å². The second-order valence-electron chi connectivity index (χ2n) is 11.5. The summed E-state index contributed by atoms with van der Waals surface area (Å²) in [5.74, 6) is 0.246. The molecule has 0 bridgehead atoms. The van der Waals surface area contributed by atoms with Crippen molar-refractivity contribution in [2.45, 2.75) is 50.9 Å². The smallest absolute Gasteiger partial charge is 0.416 e. The maximum atomic E-state index is 14.7. The Morgan fingerprint density at radius 3 is 2.07 bits per heavy atom. The van der Waals surface area contributed by atoms with Crippen LogP contribution in [0.3, 0.4) is 0 Å². The van der Waals surface area contributed by atoms with Crippen LogP contribution in [0.5, 0.6) is 5.75 Å². The molecule has 1 saturated heterocycles. The highest BCUT2D eigenvalue weighted by atomic mass is 35.5. The Hall–Kier alpha value is -3.27. The number of carbonyl (C=O) groups is 1. The lowest BCUT2D eigenvalue weighted by atomic mass is 9.71. The van der Waals surface area contributed by atoms with Gasteiger partial charge in [-0.2, -0.15) is 13.2 Å². The Morgan fingerprint density at radius 1 is 0.977 bits per heavy atom. The molecular weight excluding hydrogens is 614 g/mol. The number of aliphatic hydroxyl groups is 1. The molecule has 44 heavy (non-hydrogen) atoms. The van der Waals surface area contributed by atoms with Gasteiger partial charge in [0.2, 0.25) is 0 Å². The molecule has 6 nitrogen and oxygen atoms in total. The third kappa shape index (κ3) is 5.66. The number of likely N-dealkylation sites (tertiary alicyclic amines) is 1. The zero-order valence-electron chi connectivity index (χ0n) is 24.7. The molecule has 11 heteroatoms. The number of hydrogen-bond acceptors (Lipinski definition) is 4. The van der Waals surface area contributed by atoms with Crippen molar-refractivity contribution in [2.75, 3.05) is 26.3 Å². The summed E-state index contributed by atoms with van der Waals surface area (Å²) in [5.41, 5.74) is -1.45. The molecule has 2 amide bonds. The Morgan fingerprint density at radius 2 is 1.55 bits per heavy atom. The minimum Gasteiger partial charge on any atom is -0.493 e. The third-order valence-electron chi connectivity index (χ3n) is 8.93. The zero-order valence-corrected chi connectivity index (χ0v) is 26.2. The van der Waals surface area contributed by atoms with Gasteiger partial charge in [0.05, 0.1) is 17.7 Å². The molecule has 3 aromatic rings. The number of amides is 2. The highest BCUT2D eigenvalue weighted by Gasteiger charge is 2.60. The molecule has 0 saturated carbocycles. The summed E-state index contributed by atoms with van der Waals surface area (Å²) in [6.07, 6.45) is -3.34. The first-order valence-electron chi connectivity index (χ1n) is 14.5. The van der Waals surface area contributed by atoms with E-state index >= 15 is 0 Å². The van der Waals surface area contributed by atoms with Gasteiger partial charge in [-0.25, -0.2) is 4.79 Å². The highest BCUT2D eigenvalue weighted by molar-refractivity contribution is 6.30. The fourth-order valence-corrected chi connectivity index (χ4v) is 6.43. The minimum atomic E-state index is -4.59. The van der Waals surface area contributed by atoms with E-state index in [0.717, 1.165) is 23.3 Å². The summed E-state index contributed by atoms with van der Waals surface area (Å²) < 4.78 is 47.1. The minimum absolute atomic E-state index is 0.0309. The standard InChI is InChI=1S/C33H34Cl2F3N3O3/c1-4-44-28-19-24(33(36,37)38)9-14-27(28)29-39-31(2,22-5-10-25(34)11-6-22)32(3,23-7-12-26(35)13-8-23)41(29)30(43)40-17-15-21(20-42)16-18-40/h5-14,19,21,42H,4,15-18,20H2,1-3H3. The van der Waals surface area contributed by atoms with Crippen molar-refractivity contribution < 1.29 is 27.8 Å². The van der Waals surface area contributed by atoms with Gasteiger partial charge in [0.25, 0.3) is 0 Å². The van der Waals surface area contributed by atoms with Gasteiger partial charge >= 0.3 is 12.2 Å². The lowest BCUT2D eigenvalue weighted by Crippen LogP contribution is -2.59. The predicted molar refractivity (Wildman–Crippen MR) is 165 cm³/mol. The van der Waals surface area contributed by atoms with Crippen LogP contribution in [-0.2, 0) is 17.3 Å². The van der Waals surface area contributed by atoms with Gasteiger partial charge in [-0.15, -0.1) is 0 Å². The normalized spacial score (nSPS) is 22.7. The summed E-state index contributed by atoms with van der Waals surface area (Å²) >= 11 is 12.5. The molecule has 3 aromatic carbocycles. The average molecular weight is 649 g/mol. The molecule has 234 valence electrons. The Kier molecular flexibility index (Phi) is 8.95. The molecule has 1 fully saturated rings. The van der Waals surface area contributed by atoms with Crippen LogP contribution in [0.25, 0.3) is 0 Å². The van der Waals surface area contributed by atoms with Crippen molar-refractivity contribution in [3.63, 3.8) is 0 Å². The molecule has 2 unspecified atom stereocenters. The number of carbonyl (C=O) groups excluding carboxylic acids is 1. The van der Waals surface area contributed by atoms with Crippen molar-refractivity contribution in [1.29, 1.82) is 0 Å². The number of halogens is 5. The number of urea groups is 1. The van der Waals surface area contributed by atoms with Crippen LogP contribution in [0.1, 0.15) is 55.9 Å². The van der Waals surface area contributed by atoms with E-state index < -0.39 is 22.8 Å². The third-order valence-corrected chi connectivity index (χ3v) is 9.44. The predicted octanol–water partition coefficient (Wildman–Crippen LogP) is 8.13. The number of hydrogen-bond donors (Lipinski definition) is 1. The van der Waals surface area contributed by atoms with Crippen molar-refractivity contribution in [3.8, 4) is 5.75 Å². The molecule has 1 N–H and O–H groups in total. The number of aliphatic hydroxyl groups excluding tert-OH is 1. The van der Waals surface area contributed by atoms with Gasteiger partial charge in [0, 0.05) is 29.7 Å². The summed E-state index contributed by atoms with van der Waals surface area (Å²) in [6, 6.07) is 17.2. The van der Waals surface area contributed by atoms with E-state index in [-0.39, 0.29) is 42.3 Å². The average Bonchev–Trinajstić information content (AvgIpc) is 3.25. The quantitative estimate of drug-likeness (QED) is 0.294. The van der Waals surface area contributed by atoms with Crippen LogP contribution >= 0.6 is 23.2 Å². The molecule has 0 spiro atoms. The van der Waals surface area contributed by atoms with E-state index in [9.17, 15) is 23.1 Å². The van der Waals surface area contributed by atoms with Gasteiger partial charge in [0.15, 0.2) is 0 Å². The van der Waals surface area contributed by atoms with E-state index in [1.54, 1.807) is 41.0 Å². The molecule has 2 aliphatic heterocycles. The number of ether oxygens (including phenoxy) is 1. The first kappa shape index (κ1) is 32.1. The van der Waals surface area contributed by atoms with E-state index in [2.05, 4.69) is 0 Å². The maximum absolute atomic E-state index is 14.7. The van der Waals surface area contributed by atoms with Crippen LogP contribution < -0.4 is 4.74 Å². The number of rotatable bonds is 6. The Labute approximate surface area is 265 Å². The number of alkyl halides is 3. The highest BCUT2D eigenvalue weighted by Crippen LogP contribution is 2.54. The SMILES string of the molecule is CCOc1cc(C(F)(F)F)ccc1C1=NC(C)(c2ccc(Cl)cc2)C(C)(c2ccc(Cl)cc2)N1C(=O)N1CCC(CO)CC1. The Balaban J connectivity index is 1.77. The molecule has 0 radical (unpaired) electrons. The van der Waals surface area contributed by atoms with Gasteiger partial charge < -0.3 is 14.7 Å². The number of aliphatic imine (C=N–C) groups is 1. The van der Waals surface area contributed by atoms with Crippen LogP contribution in [-0.4, -0.2) is 53.1 Å². The summed E-state index contributed by atoms with van der Waals surface area (Å²) in [7, 11) is 0. The fourth-order valence-electron chi connectivity index (χ4n) is 6.17. The fraction of sp³-hybridized carbons (Fsp3) is 0.394. The largest absolute Gasteiger partial charge is 0.493 e. The van der Waals surface area contributed by atoms with E-state index in [1.165, 1.54) is 6.07 Å². The van der Waals surface area contributed by atoms with Crippen LogP contribution in [0.2, 0.25) is 10.0 Å². The Bertz CT molecular complexity index is 1540. The van der Waals surface area contributed by atoms with Gasteiger partial charge in [-0.3, -0.25) is 9.89 Å². The maximum Gasteiger partial charge on any atom is 0.416 e. The van der Waals surface area contributed by atoms with Crippen molar-refractivity contribution in [1.82, 2.24) is 9.80 Å². The molecule has 0 aromatic heterocycles. The molecule has 0 aliphatic carbocycles.